The fourth-order valence-electron chi connectivity index (χ4n) is 1.73. The van der Waals surface area contributed by atoms with Crippen molar-refractivity contribution in [3.05, 3.63) is 21.3 Å². The monoisotopic (exact) mass is 272 g/mol. The van der Waals surface area contributed by atoms with Gasteiger partial charge in [-0.25, -0.2) is 4.79 Å². The molecule has 1 atom stereocenters. The molecule has 6 heteroatoms. The Morgan fingerprint density at radius 3 is 2.94 bits per heavy atom. The van der Waals surface area contributed by atoms with Crippen molar-refractivity contribution in [3.8, 4) is 0 Å². The van der Waals surface area contributed by atoms with E-state index in [0.29, 0.717) is 13.1 Å². The second-order valence-electron chi connectivity index (χ2n) is 4.10. The van der Waals surface area contributed by atoms with Crippen molar-refractivity contribution in [3.63, 3.8) is 0 Å². The summed E-state index contributed by atoms with van der Waals surface area (Å²) in [5.41, 5.74) is 0. The van der Waals surface area contributed by atoms with Crippen LogP contribution in [0.15, 0.2) is 12.1 Å². The van der Waals surface area contributed by atoms with Crippen molar-refractivity contribution in [2.24, 2.45) is 5.92 Å². The first-order valence-electron chi connectivity index (χ1n) is 5.40. The van der Waals surface area contributed by atoms with E-state index in [1.165, 1.54) is 11.3 Å². The molecular formula is C11H13ClN2O2S. The summed E-state index contributed by atoms with van der Waals surface area (Å²) in [6.45, 7) is 2.92. The van der Waals surface area contributed by atoms with Gasteiger partial charge in [-0.3, -0.25) is 10.1 Å². The molecule has 17 heavy (non-hydrogen) atoms. The Morgan fingerprint density at radius 2 is 2.29 bits per heavy atom. The van der Waals surface area contributed by atoms with Crippen molar-refractivity contribution in [2.45, 2.75) is 13.3 Å². The highest BCUT2D eigenvalue weighted by atomic mass is 35.5. The van der Waals surface area contributed by atoms with Crippen LogP contribution in [0.25, 0.3) is 0 Å². The molecule has 0 aliphatic carbocycles. The molecule has 1 aromatic rings. The first-order valence-corrected chi connectivity index (χ1v) is 6.59. The predicted molar refractivity (Wildman–Crippen MR) is 67.3 cm³/mol. The average Bonchev–Trinajstić information content (AvgIpc) is 2.68. The third-order valence-electron chi connectivity index (χ3n) is 2.72. The molecule has 0 saturated carbocycles. The molecule has 1 aromatic heterocycles. The highest BCUT2D eigenvalue weighted by Gasteiger charge is 2.28. The number of rotatable bonds is 3. The molecule has 92 valence electrons. The number of hydrogen-bond acceptors (Lipinski definition) is 3. The number of carbonyl (C=O) groups is 2. The van der Waals surface area contributed by atoms with E-state index in [0.717, 1.165) is 15.6 Å². The van der Waals surface area contributed by atoms with Crippen LogP contribution in [-0.2, 0) is 11.2 Å². The van der Waals surface area contributed by atoms with Crippen molar-refractivity contribution in [1.29, 1.82) is 0 Å². The molecule has 2 heterocycles. The zero-order valence-corrected chi connectivity index (χ0v) is 11.0. The van der Waals surface area contributed by atoms with Crippen molar-refractivity contribution < 1.29 is 9.59 Å². The molecule has 1 saturated heterocycles. The molecule has 1 aliphatic rings. The Balaban J connectivity index is 1.90. The molecule has 2 rings (SSSR count). The summed E-state index contributed by atoms with van der Waals surface area (Å²) in [5, 5.41) is 2.35. The van der Waals surface area contributed by atoms with Crippen LogP contribution in [0.4, 0.5) is 4.79 Å². The summed E-state index contributed by atoms with van der Waals surface area (Å²) >= 11 is 7.35. The minimum absolute atomic E-state index is 0.139. The summed E-state index contributed by atoms with van der Waals surface area (Å²) in [6.07, 6.45) is 0.770. The van der Waals surface area contributed by atoms with Crippen LogP contribution in [0, 0.1) is 5.92 Å². The van der Waals surface area contributed by atoms with E-state index in [4.69, 9.17) is 11.6 Å². The lowest BCUT2D eigenvalue weighted by Gasteiger charge is -2.30. The molecule has 0 aromatic carbocycles. The maximum atomic E-state index is 11.5. The van der Waals surface area contributed by atoms with Crippen molar-refractivity contribution in [2.75, 3.05) is 13.1 Å². The van der Waals surface area contributed by atoms with E-state index in [9.17, 15) is 9.59 Å². The molecule has 1 aliphatic heterocycles. The van der Waals surface area contributed by atoms with Crippen LogP contribution < -0.4 is 5.32 Å². The maximum absolute atomic E-state index is 11.5. The highest BCUT2D eigenvalue weighted by Crippen LogP contribution is 2.22. The van der Waals surface area contributed by atoms with E-state index >= 15 is 0 Å². The summed E-state index contributed by atoms with van der Waals surface area (Å²) in [6, 6.07) is 3.52. The number of halogens is 1. The Kier molecular flexibility index (Phi) is 3.69. The average molecular weight is 273 g/mol. The number of nitrogens with zero attached hydrogens (tertiary/aromatic N) is 1. The van der Waals surface area contributed by atoms with Crippen LogP contribution in [0.1, 0.15) is 11.8 Å². The van der Waals surface area contributed by atoms with Crippen LogP contribution in [0.2, 0.25) is 4.34 Å². The van der Waals surface area contributed by atoms with E-state index < -0.39 is 0 Å². The Hall–Kier alpha value is -1.07. The zero-order valence-electron chi connectivity index (χ0n) is 9.40. The third kappa shape index (κ3) is 2.98. The first-order chi connectivity index (χ1) is 8.06. The fraction of sp³-hybridized carbons (Fsp3) is 0.455. The first kappa shape index (κ1) is 12.4. The molecule has 0 spiro atoms. The van der Waals surface area contributed by atoms with Crippen molar-refractivity contribution in [1.82, 2.24) is 10.2 Å². The van der Waals surface area contributed by atoms with Crippen LogP contribution in [0.3, 0.4) is 0 Å². The molecule has 1 unspecified atom stereocenters. The van der Waals surface area contributed by atoms with Crippen LogP contribution in [-0.4, -0.2) is 29.9 Å². The van der Waals surface area contributed by atoms with Gasteiger partial charge in [-0.05, 0) is 18.6 Å². The van der Waals surface area contributed by atoms with Crippen LogP contribution in [0.5, 0.6) is 0 Å². The summed E-state index contributed by atoms with van der Waals surface area (Å²) in [5.74, 6) is -0.329. The minimum Gasteiger partial charge on any atom is -0.323 e. The SMILES string of the molecule is CC1CN(CCc2ccc(Cl)s2)C(=O)NC1=O. The predicted octanol–water partition coefficient (Wildman–Crippen LogP) is 2.13. The van der Waals surface area contributed by atoms with E-state index in [1.54, 1.807) is 4.90 Å². The van der Waals surface area contributed by atoms with Gasteiger partial charge >= 0.3 is 6.03 Å². The van der Waals surface area contributed by atoms with Crippen LogP contribution >= 0.6 is 22.9 Å². The number of hydrogen-bond donors (Lipinski definition) is 1. The lowest BCUT2D eigenvalue weighted by Crippen LogP contribution is -2.54. The second kappa shape index (κ2) is 5.06. The fourth-order valence-corrected chi connectivity index (χ4v) is 2.80. The summed E-state index contributed by atoms with van der Waals surface area (Å²) < 4.78 is 0.756. The number of carbonyl (C=O) groups excluding carboxylic acids is 2. The van der Waals surface area contributed by atoms with E-state index in [2.05, 4.69) is 5.32 Å². The van der Waals surface area contributed by atoms with E-state index in [-0.39, 0.29) is 17.9 Å². The molecule has 1 N–H and O–H groups in total. The largest absolute Gasteiger partial charge is 0.324 e. The molecule has 4 nitrogen and oxygen atoms in total. The Labute approximate surface area is 109 Å². The number of imide groups is 1. The minimum atomic E-state index is -0.296. The molecular weight excluding hydrogens is 260 g/mol. The van der Waals surface area contributed by atoms with Gasteiger partial charge in [-0.2, -0.15) is 0 Å². The van der Waals surface area contributed by atoms with E-state index in [1.807, 2.05) is 19.1 Å². The van der Waals surface area contributed by atoms with Gasteiger partial charge in [-0.15, -0.1) is 11.3 Å². The third-order valence-corrected chi connectivity index (χ3v) is 4.01. The lowest BCUT2D eigenvalue weighted by atomic mass is 10.1. The molecule has 3 amide bonds. The van der Waals surface area contributed by atoms with Gasteiger partial charge < -0.3 is 4.90 Å². The topological polar surface area (TPSA) is 49.4 Å². The van der Waals surface area contributed by atoms with Gasteiger partial charge in [0, 0.05) is 18.0 Å². The van der Waals surface area contributed by atoms with Gasteiger partial charge in [0.25, 0.3) is 0 Å². The molecule has 1 fully saturated rings. The number of thiophene rings is 1. The highest BCUT2D eigenvalue weighted by molar-refractivity contribution is 7.16. The summed E-state index contributed by atoms with van der Waals surface area (Å²) in [4.78, 5) is 25.6. The Morgan fingerprint density at radius 1 is 1.53 bits per heavy atom. The van der Waals surface area contributed by atoms with Crippen molar-refractivity contribution >= 4 is 34.9 Å². The smallest absolute Gasteiger partial charge is 0.323 e. The lowest BCUT2D eigenvalue weighted by molar-refractivity contribution is -0.125. The number of nitrogens with one attached hydrogen (secondary N) is 1. The van der Waals surface area contributed by atoms with Gasteiger partial charge in [-0.1, -0.05) is 18.5 Å². The summed E-state index contributed by atoms with van der Waals surface area (Å²) in [7, 11) is 0. The van der Waals surface area contributed by atoms with Gasteiger partial charge in [0.05, 0.1) is 10.3 Å². The number of urea groups is 1. The van der Waals surface area contributed by atoms with Gasteiger partial charge in [0.1, 0.15) is 0 Å². The number of amides is 3. The van der Waals surface area contributed by atoms with Gasteiger partial charge in [0.15, 0.2) is 0 Å². The molecule has 0 radical (unpaired) electrons. The second-order valence-corrected chi connectivity index (χ2v) is 5.90. The maximum Gasteiger partial charge on any atom is 0.324 e. The quantitative estimate of drug-likeness (QED) is 0.916. The zero-order chi connectivity index (χ0) is 12.4. The standard InChI is InChI=1S/C11H13ClN2O2S/c1-7-6-14(11(16)13-10(7)15)5-4-8-2-3-9(12)17-8/h2-3,7H,4-6H2,1H3,(H,13,15,16). The normalized spacial score (nSPS) is 20.6. The van der Waals surface area contributed by atoms with Gasteiger partial charge in [0.2, 0.25) is 5.91 Å². The Bertz CT molecular complexity index is 446. The molecule has 0 bridgehead atoms.